The molecule has 3 aromatic rings. The lowest BCUT2D eigenvalue weighted by Gasteiger charge is -2.40. The minimum atomic E-state index is -0.279. The Morgan fingerprint density at radius 3 is 2.50 bits per heavy atom. The fourth-order valence-corrected chi connectivity index (χ4v) is 4.79. The number of benzene rings is 1. The number of aromatic hydroxyl groups is 1. The standard InChI is InChI=1S/C18H21FN4O2S/c1-10-8-22(9-11(2)25-10)15(13-4-6-14(19)7-5-13)16-17(24)23-18(26-16)20-12(3)21-23/h4-7,10-11,15,24H,8-9H2,1-3H3. The van der Waals surface area contributed by atoms with Crippen molar-refractivity contribution in [2.24, 2.45) is 0 Å². The molecule has 1 N–H and O–H groups in total. The highest BCUT2D eigenvalue weighted by molar-refractivity contribution is 7.17. The molecule has 138 valence electrons. The Hall–Kier alpha value is -2.03. The van der Waals surface area contributed by atoms with Crippen molar-refractivity contribution < 1.29 is 14.2 Å². The number of hydrogen-bond donors (Lipinski definition) is 1. The summed E-state index contributed by atoms with van der Waals surface area (Å²) < 4.78 is 20.8. The lowest BCUT2D eigenvalue weighted by molar-refractivity contribution is -0.0764. The Balaban J connectivity index is 1.82. The largest absolute Gasteiger partial charge is 0.492 e. The van der Waals surface area contributed by atoms with Crippen LogP contribution in [0.3, 0.4) is 0 Å². The second-order valence-corrected chi connectivity index (χ2v) is 7.82. The average Bonchev–Trinajstić information content (AvgIpc) is 3.07. The average molecular weight is 376 g/mol. The Morgan fingerprint density at radius 2 is 1.88 bits per heavy atom. The molecule has 6 nitrogen and oxygen atoms in total. The summed E-state index contributed by atoms with van der Waals surface area (Å²) in [7, 11) is 0. The Morgan fingerprint density at radius 1 is 1.23 bits per heavy atom. The van der Waals surface area contributed by atoms with Crippen molar-refractivity contribution >= 4 is 16.3 Å². The Bertz CT molecular complexity index is 913. The predicted octanol–water partition coefficient (Wildman–Crippen LogP) is 3.14. The van der Waals surface area contributed by atoms with Gasteiger partial charge in [-0.05, 0) is 38.5 Å². The van der Waals surface area contributed by atoms with E-state index in [9.17, 15) is 9.50 Å². The van der Waals surface area contributed by atoms with E-state index in [2.05, 4.69) is 15.0 Å². The van der Waals surface area contributed by atoms with Gasteiger partial charge in [0.15, 0.2) is 0 Å². The summed E-state index contributed by atoms with van der Waals surface area (Å²) in [5, 5.41) is 15.1. The fourth-order valence-electron chi connectivity index (χ4n) is 3.63. The molecular weight excluding hydrogens is 355 g/mol. The van der Waals surface area contributed by atoms with Gasteiger partial charge in [0.25, 0.3) is 0 Å². The smallest absolute Gasteiger partial charge is 0.230 e. The maximum atomic E-state index is 13.5. The molecule has 2 aromatic heterocycles. The predicted molar refractivity (Wildman–Crippen MR) is 97.1 cm³/mol. The molecule has 1 aromatic carbocycles. The maximum Gasteiger partial charge on any atom is 0.230 e. The van der Waals surface area contributed by atoms with Crippen LogP contribution in [0, 0.1) is 12.7 Å². The number of halogens is 1. The van der Waals surface area contributed by atoms with Gasteiger partial charge < -0.3 is 9.84 Å². The summed E-state index contributed by atoms with van der Waals surface area (Å²) >= 11 is 1.41. The molecule has 26 heavy (non-hydrogen) atoms. The SMILES string of the molecule is Cc1nc2sc(C(c3ccc(F)cc3)N3CC(C)OC(C)C3)c(O)n2n1. The van der Waals surface area contributed by atoms with Crippen molar-refractivity contribution in [1.29, 1.82) is 0 Å². The topological polar surface area (TPSA) is 62.9 Å². The molecular formula is C18H21FN4O2S. The van der Waals surface area contributed by atoms with Crippen LogP contribution in [-0.2, 0) is 4.74 Å². The van der Waals surface area contributed by atoms with Crippen molar-refractivity contribution in [2.75, 3.05) is 13.1 Å². The highest BCUT2D eigenvalue weighted by Crippen LogP contribution is 2.40. The molecule has 0 saturated carbocycles. The number of rotatable bonds is 3. The van der Waals surface area contributed by atoms with E-state index in [0.717, 1.165) is 23.5 Å². The van der Waals surface area contributed by atoms with Crippen LogP contribution >= 0.6 is 11.3 Å². The Labute approximate surface area is 154 Å². The third kappa shape index (κ3) is 3.08. The van der Waals surface area contributed by atoms with E-state index in [1.165, 1.54) is 28.0 Å². The molecule has 0 radical (unpaired) electrons. The third-order valence-corrected chi connectivity index (χ3v) is 5.63. The van der Waals surface area contributed by atoms with Gasteiger partial charge in [-0.15, -0.1) is 5.10 Å². The van der Waals surface area contributed by atoms with Gasteiger partial charge >= 0.3 is 0 Å². The van der Waals surface area contributed by atoms with Crippen molar-refractivity contribution in [3.05, 3.63) is 46.3 Å². The molecule has 0 bridgehead atoms. The first-order valence-corrected chi connectivity index (χ1v) is 9.44. The van der Waals surface area contributed by atoms with Gasteiger partial charge in [-0.1, -0.05) is 23.5 Å². The molecule has 1 aliphatic heterocycles. The van der Waals surface area contributed by atoms with E-state index >= 15 is 0 Å². The monoisotopic (exact) mass is 376 g/mol. The second-order valence-electron chi connectivity index (χ2n) is 6.81. The van der Waals surface area contributed by atoms with E-state index in [-0.39, 0.29) is 29.9 Å². The summed E-state index contributed by atoms with van der Waals surface area (Å²) in [5.41, 5.74) is 0.921. The van der Waals surface area contributed by atoms with Gasteiger partial charge in [0.1, 0.15) is 11.6 Å². The van der Waals surface area contributed by atoms with Crippen LogP contribution in [-0.4, -0.2) is 49.9 Å². The highest BCUT2D eigenvalue weighted by Gasteiger charge is 2.34. The van der Waals surface area contributed by atoms with Gasteiger partial charge in [0, 0.05) is 13.1 Å². The molecule has 1 saturated heterocycles. The first-order chi connectivity index (χ1) is 12.4. The zero-order valence-electron chi connectivity index (χ0n) is 14.9. The van der Waals surface area contributed by atoms with E-state index in [0.29, 0.717) is 10.8 Å². The van der Waals surface area contributed by atoms with E-state index in [1.54, 1.807) is 19.1 Å². The normalized spacial score (nSPS) is 22.8. The molecule has 4 rings (SSSR count). The van der Waals surface area contributed by atoms with Crippen LogP contribution in [0.4, 0.5) is 4.39 Å². The lowest BCUT2D eigenvalue weighted by Crippen LogP contribution is -2.47. The lowest BCUT2D eigenvalue weighted by atomic mass is 10.0. The number of ether oxygens (including phenoxy) is 1. The summed E-state index contributed by atoms with van der Waals surface area (Å²) in [6, 6.07) is 6.23. The molecule has 0 amide bonds. The summed E-state index contributed by atoms with van der Waals surface area (Å²) in [6.07, 6.45) is 0.154. The second kappa shape index (κ2) is 6.61. The summed E-state index contributed by atoms with van der Waals surface area (Å²) in [5.74, 6) is 0.426. The van der Waals surface area contributed by atoms with Gasteiger partial charge in [-0.2, -0.15) is 4.52 Å². The van der Waals surface area contributed by atoms with Crippen LogP contribution in [0.2, 0.25) is 0 Å². The minimum Gasteiger partial charge on any atom is -0.492 e. The molecule has 3 atom stereocenters. The molecule has 1 fully saturated rings. The van der Waals surface area contributed by atoms with Gasteiger partial charge in [-0.25, -0.2) is 9.37 Å². The van der Waals surface area contributed by atoms with Gasteiger partial charge in [0.2, 0.25) is 10.8 Å². The summed E-state index contributed by atoms with van der Waals surface area (Å²) in [6.45, 7) is 7.31. The molecule has 1 aliphatic rings. The van der Waals surface area contributed by atoms with Crippen LogP contribution in [0.25, 0.3) is 4.96 Å². The number of aromatic nitrogens is 3. The van der Waals surface area contributed by atoms with Crippen LogP contribution in [0.15, 0.2) is 24.3 Å². The van der Waals surface area contributed by atoms with Crippen molar-refractivity contribution in [2.45, 2.75) is 39.0 Å². The highest BCUT2D eigenvalue weighted by atomic mass is 32.1. The van der Waals surface area contributed by atoms with Crippen molar-refractivity contribution in [1.82, 2.24) is 19.5 Å². The van der Waals surface area contributed by atoms with Gasteiger partial charge in [-0.3, -0.25) is 4.90 Å². The number of thiazole rings is 1. The third-order valence-electron chi connectivity index (χ3n) is 4.55. The summed E-state index contributed by atoms with van der Waals surface area (Å²) in [4.78, 5) is 8.04. The molecule has 8 heteroatoms. The first-order valence-electron chi connectivity index (χ1n) is 8.62. The number of hydrogen-bond acceptors (Lipinski definition) is 6. The van der Waals surface area contributed by atoms with Crippen molar-refractivity contribution in [3.63, 3.8) is 0 Å². The molecule has 0 spiro atoms. The first kappa shape index (κ1) is 17.4. The maximum absolute atomic E-state index is 13.5. The number of aryl methyl sites for hydroxylation is 1. The molecule has 3 heterocycles. The number of nitrogens with zero attached hydrogens (tertiary/aromatic N) is 4. The minimum absolute atomic E-state index is 0.0771. The number of fused-ring (bicyclic) bond motifs is 1. The fraction of sp³-hybridized carbons (Fsp3) is 0.444. The van der Waals surface area contributed by atoms with Crippen LogP contribution in [0.1, 0.15) is 36.2 Å². The van der Waals surface area contributed by atoms with E-state index in [4.69, 9.17) is 4.74 Å². The van der Waals surface area contributed by atoms with Crippen molar-refractivity contribution in [3.8, 4) is 5.88 Å². The quantitative estimate of drug-likeness (QED) is 0.761. The van der Waals surface area contributed by atoms with Crippen LogP contribution < -0.4 is 0 Å². The molecule has 3 unspecified atom stereocenters. The van der Waals surface area contributed by atoms with Crippen LogP contribution in [0.5, 0.6) is 5.88 Å². The zero-order valence-corrected chi connectivity index (χ0v) is 15.7. The zero-order chi connectivity index (χ0) is 18.4. The van der Waals surface area contributed by atoms with Gasteiger partial charge in [0.05, 0.1) is 23.1 Å². The molecule has 0 aliphatic carbocycles. The Kier molecular flexibility index (Phi) is 4.42. The van der Waals surface area contributed by atoms with E-state index < -0.39 is 0 Å². The number of morpholine rings is 1. The van der Waals surface area contributed by atoms with E-state index in [1.807, 2.05) is 13.8 Å².